The fourth-order valence-corrected chi connectivity index (χ4v) is 5.82. The standard InChI is InChI=1S/C36H37F3N6O2/c1-2-3-19-40-22-31-43-32(33(44-31)36(37,38)39)28-17-13-26(14-18-28)25-11-15-27(16-12-25)29-21-41-34(42-29)30-10-7-20-45(30)35(46)47-23-24-8-5-4-6-9-24/h4-6,8-9,11-18,21,30,40H,2-3,7,10,19-20,22-23H2,1H3,(H,41,42)(H,43,44)/t30-/m0/s1. The van der Waals surface area contributed by atoms with Crippen LogP contribution >= 0.6 is 0 Å². The molecule has 244 valence electrons. The van der Waals surface area contributed by atoms with Gasteiger partial charge in [0.1, 0.15) is 29.6 Å². The van der Waals surface area contributed by atoms with E-state index in [4.69, 9.17) is 4.74 Å². The number of unbranched alkanes of at least 4 members (excludes halogenated alkanes) is 1. The molecule has 0 aliphatic carbocycles. The van der Waals surface area contributed by atoms with E-state index in [9.17, 15) is 18.0 Å². The number of ether oxygens (including phenoxy) is 1. The summed E-state index contributed by atoms with van der Waals surface area (Å²) in [6.07, 6.45) is 0.460. The van der Waals surface area contributed by atoms with E-state index >= 15 is 0 Å². The quantitative estimate of drug-likeness (QED) is 0.126. The molecule has 0 spiro atoms. The fourth-order valence-electron chi connectivity index (χ4n) is 5.82. The molecule has 0 bridgehead atoms. The van der Waals surface area contributed by atoms with Gasteiger partial charge in [-0.2, -0.15) is 13.2 Å². The van der Waals surface area contributed by atoms with Crippen molar-refractivity contribution in [1.29, 1.82) is 0 Å². The van der Waals surface area contributed by atoms with Crippen molar-refractivity contribution in [2.24, 2.45) is 0 Å². The molecule has 1 atom stereocenters. The smallest absolute Gasteiger partial charge is 0.433 e. The van der Waals surface area contributed by atoms with Crippen LogP contribution in [0.5, 0.6) is 0 Å². The largest absolute Gasteiger partial charge is 0.445 e. The van der Waals surface area contributed by atoms with E-state index in [-0.39, 0.29) is 36.8 Å². The number of aromatic amines is 2. The van der Waals surface area contributed by atoms with E-state index in [1.54, 1.807) is 35.4 Å². The maximum absolute atomic E-state index is 13.8. The molecule has 1 aliphatic heterocycles. The van der Waals surface area contributed by atoms with Gasteiger partial charge in [-0.1, -0.05) is 92.2 Å². The third-order valence-electron chi connectivity index (χ3n) is 8.33. The number of nitrogens with zero attached hydrogens (tertiary/aromatic N) is 3. The van der Waals surface area contributed by atoms with E-state index in [1.165, 1.54) is 0 Å². The van der Waals surface area contributed by atoms with Gasteiger partial charge >= 0.3 is 12.3 Å². The van der Waals surface area contributed by atoms with E-state index in [2.05, 4.69) is 32.2 Å². The maximum Gasteiger partial charge on any atom is 0.433 e. The highest BCUT2D eigenvalue weighted by atomic mass is 19.4. The first-order valence-corrected chi connectivity index (χ1v) is 15.9. The summed E-state index contributed by atoms with van der Waals surface area (Å²) in [5.74, 6) is 0.971. The van der Waals surface area contributed by atoms with E-state index in [1.807, 2.05) is 54.6 Å². The average molecular weight is 643 g/mol. The number of nitrogens with one attached hydrogen (secondary N) is 3. The Morgan fingerprint density at radius 1 is 0.957 bits per heavy atom. The summed E-state index contributed by atoms with van der Waals surface area (Å²) < 4.78 is 47.0. The summed E-state index contributed by atoms with van der Waals surface area (Å²) in [5.41, 5.74) is 3.91. The maximum atomic E-state index is 13.8. The Morgan fingerprint density at radius 2 is 1.64 bits per heavy atom. The van der Waals surface area contributed by atoms with Crippen molar-refractivity contribution < 1.29 is 22.7 Å². The molecule has 1 amide bonds. The van der Waals surface area contributed by atoms with Crippen LogP contribution in [0.3, 0.4) is 0 Å². The third-order valence-corrected chi connectivity index (χ3v) is 8.33. The molecule has 1 saturated heterocycles. The Morgan fingerprint density at radius 3 is 2.32 bits per heavy atom. The lowest BCUT2D eigenvalue weighted by Crippen LogP contribution is -2.31. The van der Waals surface area contributed by atoms with Gasteiger partial charge < -0.3 is 20.0 Å². The van der Waals surface area contributed by atoms with Crippen molar-refractivity contribution in [2.45, 2.75) is 58.0 Å². The van der Waals surface area contributed by atoms with Gasteiger partial charge in [-0.05, 0) is 48.1 Å². The molecule has 6 rings (SSSR count). The van der Waals surface area contributed by atoms with Crippen LogP contribution in [0.2, 0.25) is 0 Å². The third kappa shape index (κ3) is 7.57. The Balaban J connectivity index is 1.12. The van der Waals surface area contributed by atoms with Gasteiger partial charge in [-0.15, -0.1) is 0 Å². The van der Waals surface area contributed by atoms with Gasteiger partial charge in [-0.3, -0.25) is 4.90 Å². The molecule has 0 saturated carbocycles. The molecule has 3 heterocycles. The topological polar surface area (TPSA) is 98.9 Å². The number of aromatic nitrogens is 4. The first-order valence-electron chi connectivity index (χ1n) is 15.9. The van der Waals surface area contributed by atoms with Crippen LogP contribution in [0, 0.1) is 0 Å². The van der Waals surface area contributed by atoms with Gasteiger partial charge in [0.15, 0.2) is 0 Å². The average Bonchev–Trinajstić information content (AvgIpc) is 3.86. The fraction of sp³-hybridized carbons (Fsp3) is 0.306. The lowest BCUT2D eigenvalue weighted by Gasteiger charge is -2.22. The molecule has 47 heavy (non-hydrogen) atoms. The number of carbonyl (C=O) groups is 1. The number of H-pyrrole nitrogens is 2. The second-order valence-electron chi connectivity index (χ2n) is 11.7. The van der Waals surface area contributed by atoms with Gasteiger partial charge in [-0.25, -0.2) is 14.8 Å². The van der Waals surface area contributed by atoms with Crippen LogP contribution in [-0.2, 0) is 24.1 Å². The van der Waals surface area contributed by atoms with Crippen molar-refractivity contribution >= 4 is 6.09 Å². The van der Waals surface area contributed by atoms with Crippen molar-refractivity contribution in [3.63, 3.8) is 0 Å². The summed E-state index contributed by atoms with van der Waals surface area (Å²) >= 11 is 0. The van der Waals surface area contributed by atoms with E-state index in [0.29, 0.717) is 24.5 Å². The summed E-state index contributed by atoms with van der Waals surface area (Å²) in [4.78, 5) is 29.3. The number of alkyl halides is 3. The molecule has 3 aromatic carbocycles. The predicted molar refractivity (Wildman–Crippen MR) is 174 cm³/mol. The van der Waals surface area contributed by atoms with Crippen LogP contribution in [0.25, 0.3) is 33.6 Å². The summed E-state index contributed by atoms with van der Waals surface area (Å²) in [7, 11) is 0. The lowest BCUT2D eigenvalue weighted by atomic mass is 10.0. The monoisotopic (exact) mass is 642 g/mol. The number of amides is 1. The second kappa shape index (κ2) is 14.3. The first kappa shape index (κ1) is 32.1. The number of imidazole rings is 2. The molecule has 2 aromatic heterocycles. The normalized spacial score (nSPS) is 14.9. The Bertz CT molecular complexity index is 1770. The predicted octanol–water partition coefficient (Wildman–Crippen LogP) is 8.52. The van der Waals surface area contributed by atoms with Crippen LogP contribution in [-0.4, -0.2) is 44.0 Å². The molecule has 0 unspecified atom stereocenters. The highest BCUT2D eigenvalue weighted by molar-refractivity contribution is 5.72. The summed E-state index contributed by atoms with van der Waals surface area (Å²) in [5, 5.41) is 3.14. The molecule has 5 aromatic rings. The minimum atomic E-state index is -4.55. The summed E-state index contributed by atoms with van der Waals surface area (Å²) in [6.45, 7) is 3.84. The minimum Gasteiger partial charge on any atom is -0.445 e. The van der Waals surface area contributed by atoms with Crippen molar-refractivity contribution in [2.75, 3.05) is 13.1 Å². The van der Waals surface area contributed by atoms with Crippen molar-refractivity contribution in [3.8, 4) is 33.6 Å². The highest BCUT2D eigenvalue weighted by Gasteiger charge is 2.37. The van der Waals surface area contributed by atoms with Gasteiger partial charge in [0.05, 0.1) is 24.5 Å². The lowest BCUT2D eigenvalue weighted by molar-refractivity contribution is -0.140. The Kier molecular flexibility index (Phi) is 9.72. The molecule has 11 heteroatoms. The molecule has 8 nitrogen and oxygen atoms in total. The van der Waals surface area contributed by atoms with Gasteiger partial charge in [0.2, 0.25) is 0 Å². The highest BCUT2D eigenvalue weighted by Crippen LogP contribution is 2.37. The summed E-state index contributed by atoms with van der Waals surface area (Å²) in [6, 6.07) is 24.2. The van der Waals surface area contributed by atoms with E-state index < -0.39 is 11.9 Å². The number of likely N-dealkylation sites (tertiary alicyclic amines) is 1. The zero-order valence-electron chi connectivity index (χ0n) is 26.1. The zero-order chi connectivity index (χ0) is 32.8. The molecule has 1 fully saturated rings. The van der Waals surface area contributed by atoms with Crippen molar-refractivity contribution in [1.82, 2.24) is 30.2 Å². The number of benzene rings is 3. The van der Waals surface area contributed by atoms with Gasteiger partial charge in [0, 0.05) is 12.1 Å². The Hall–Kier alpha value is -4.90. The number of halogens is 3. The second-order valence-corrected chi connectivity index (χ2v) is 11.7. The zero-order valence-corrected chi connectivity index (χ0v) is 26.1. The Labute approximate surface area is 271 Å². The first-order chi connectivity index (χ1) is 22.8. The van der Waals surface area contributed by atoms with Crippen LogP contribution in [0.1, 0.15) is 61.6 Å². The van der Waals surface area contributed by atoms with Crippen LogP contribution in [0.15, 0.2) is 85.1 Å². The molecule has 3 N–H and O–H groups in total. The van der Waals surface area contributed by atoms with Crippen LogP contribution < -0.4 is 5.32 Å². The van der Waals surface area contributed by atoms with Crippen LogP contribution in [0.4, 0.5) is 18.0 Å². The SMILES string of the molecule is CCCCNCc1nc(-c2ccc(-c3ccc(-c4cnc([C@@H]5CCCN5C(=O)OCc5ccccc5)[nH]4)cc3)cc2)c(C(F)(F)F)[nH]1. The molecular formula is C36H37F3N6O2. The number of rotatable bonds is 11. The number of hydrogen-bond acceptors (Lipinski definition) is 5. The van der Waals surface area contributed by atoms with Crippen molar-refractivity contribution in [3.05, 3.63) is 108 Å². The van der Waals surface area contributed by atoms with Gasteiger partial charge in [0.25, 0.3) is 0 Å². The van der Waals surface area contributed by atoms with E-state index in [0.717, 1.165) is 53.6 Å². The molecule has 1 aliphatic rings. The molecule has 0 radical (unpaired) electrons. The number of carbonyl (C=O) groups excluding carboxylic acids is 1. The number of hydrogen-bond donors (Lipinski definition) is 3. The molecular weight excluding hydrogens is 605 g/mol. The minimum absolute atomic E-state index is 0.105.